The van der Waals surface area contributed by atoms with E-state index in [9.17, 15) is 0 Å². The van der Waals surface area contributed by atoms with Crippen molar-refractivity contribution in [2.45, 2.75) is 12.8 Å². The zero-order chi connectivity index (χ0) is 9.80. The lowest BCUT2D eigenvalue weighted by Gasteiger charge is -2.19. The zero-order valence-corrected chi connectivity index (χ0v) is 8.79. The minimum absolute atomic E-state index is 0.886. The quantitative estimate of drug-likeness (QED) is 0.758. The van der Waals surface area contributed by atoms with Crippen LogP contribution in [0.4, 0.5) is 5.69 Å². The monoisotopic (exact) mass is 193 g/mol. The highest BCUT2D eigenvalue weighted by Crippen LogP contribution is 2.15. The lowest BCUT2D eigenvalue weighted by molar-refractivity contribution is 0.534. The molecule has 78 valence electrons. The van der Waals surface area contributed by atoms with Gasteiger partial charge in [-0.25, -0.2) is 0 Å². The second-order valence-corrected chi connectivity index (χ2v) is 4.14. The van der Waals surface area contributed by atoms with E-state index in [1.165, 1.54) is 31.6 Å². The Labute approximate surface area is 85.5 Å². The van der Waals surface area contributed by atoms with Crippen LogP contribution in [0.3, 0.4) is 0 Å². The molecule has 0 bridgehead atoms. The van der Waals surface area contributed by atoms with E-state index in [4.69, 9.17) is 0 Å². The lowest BCUT2D eigenvalue weighted by atomic mass is 10.1. The molecule has 1 aliphatic rings. The minimum atomic E-state index is 0.886. The number of rotatable bonds is 4. The fraction of sp³-hybridized carbons (Fsp3) is 0.636. The Kier molecular flexibility index (Phi) is 3.09. The van der Waals surface area contributed by atoms with Gasteiger partial charge in [-0.2, -0.15) is 0 Å². The van der Waals surface area contributed by atoms with Crippen LogP contribution in [-0.4, -0.2) is 31.7 Å². The number of nitrogens with zero attached hydrogens (tertiary/aromatic N) is 1. The minimum Gasteiger partial charge on any atom is -0.373 e. The summed E-state index contributed by atoms with van der Waals surface area (Å²) < 4.78 is 0. The Hall–Kier alpha value is -0.960. The molecule has 3 nitrogen and oxygen atoms in total. The third-order valence-electron chi connectivity index (χ3n) is 3.06. The molecule has 0 saturated carbocycles. The predicted molar refractivity (Wildman–Crippen MR) is 59.7 cm³/mol. The Balaban J connectivity index is 1.74. The van der Waals surface area contributed by atoms with Gasteiger partial charge in [-0.1, -0.05) is 0 Å². The number of nitrogens with one attached hydrogen (secondary N) is 2. The first-order valence-corrected chi connectivity index (χ1v) is 5.41. The molecule has 0 amide bonds. The molecule has 0 radical (unpaired) electrons. The maximum Gasteiger partial charge on any atom is 0.0541 e. The lowest BCUT2D eigenvalue weighted by Crippen LogP contribution is -2.21. The van der Waals surface area contributed by atoms with Crippen LogP contribution in [0.25, 0.3) is 0 Å². The van der Waals surface area contributed by atoms with Gasteiger partial charge in [0, 0.05) is 26.0 Å². The van der Waals surface area contributed by atoms with Gasteiger partial charge in [-0.05, 0) is 37.9 Å². The van der Waals surface area contributed by atoms with E-state index in [-0.39, 0.29) is 0 Å². The normalized spacial score (nSPS) is 21.4. The highest BCUT2D eigenvalue weighted by atomic mass is 15.1. The molecule has 1 unspecified atom stereocenters. The Morgan fingerprint density at radius 3 is 3.14 bits per heavy atom. The molecular formula is C11H19N3. The molecule has 0 aromatic carbocycles. The first kappa shape index (κ1) is 9.59. The molecule has 0 spiro atoms. The van der Waals surface area contributed by atoms with Crippen LogP contribution in [0.1, 0.15) is 12.8 Å². The molecule has 0 aliphatic carbocycles. The van der Waals surface area contributed by atoms with Gasteiger partial charge in [0.1, 0.15) is 0 Å². The van der Waals surface area contributed by atoms with Crippen LogP contribution in [0.15, 0.2) is 18.5 Å². The average molecular weight is 193 g/mol. The second-order valence-electron chi connectivity index (χ2n) is 4.14. The van der Waals surface area contributed by atoms with Crippen molar-refractivity contribution in [2.24, 2.45) is 5.92 Å². The Morgan fingerprint density at radius 1 is 1.57 bits per heavy atom. The first-order valence-electron chi connectivity index (χ1n) is 5.41. The van der Waals surface area contributed by atoms with Crippen LogP contribution in [0.5, 0.6) is 0 Å². The highest BCUT2D eigenvalue weighted by molar-refractivity contribution is 5.42. The number of hydrogen-bond acceptors (Lipinski definition) is 2. The summed E-state index contributed by atoms with van der Waals surface area (Å²) in [7, 11) is 2.16. The molecular weight excluding hydrogens is 174 g/mol. The van der Waals surface area contributed by atoms with Gasteiger partial charge in [0.25, 0.3) is 0 Å². The van der Waals surface area contributed by atoms with Crippen molar-refractivity contribution in [3.8, 4) is 0 Å². The van der Waals surface area contributed by atoms with E-state index in [1.54, 1.807) is 0 Å². The van der Waals surface area contributed by atoms with E-state index >= 15 is 0 Å². The maximum atomic E-state index is 3.41. The smallest absolute Gasteiger partial charge is 0.0541 e. The SMILES string of the molecule is CN(CCC1CCNC1)c1cc[nH]c1. The van der Waals surface area contributed by atoms with Crippen LogP contribution in [-0.2, 0) is 0 Å². The largest absolute Gasteiger partial charge is 0.373 e. The van der Waals surface area contributed by atoms with Crippen molar-refractivity contribution in [3.05, 3.63) is 18.5 Å². The van der Waals surface area contributed by atoms with E-state index in [2.05, 4.69) is 28.3 Å². The maximum absolute atomic E-state index is 3.41. The molecule has 2 N–H and O–H groups in total. The van der Waals surface area contributed by atoms with Crippen molar-refractivity contribution in [1.82, 2.24) is 10.3 Å². The number of aromatic nitrogens is 1. The fourth-order valence-electron chi connectivity index (χ4n) is 2.02. The summed E-state index contributed by atoms with van der Waals surface area (Å²) in [6.07, 6.45) is 6.67. The van der Waals surface area contributed by atoms with Gasteiger partial charge in [-0.3, -0.25) is 0 Å². The predicted octanol–water partition coefficient (Wildman–Crippen LogP) is 1.45. The van der Waals surface area contributed by atoms with E-state index < -0.39 is 0 Å². The summed E-state index contributed by atoms with van der Waals surface area (Å²) in [6, 6.07) is 2.12. The van der Waals surface area contributed by atoms with Crippen LogP contribution in [0.2, 0.25) is 0 Å². The van der Waals surface area contributed by atoms with Crippen LogP contribution < -0.4 is 10.2 Å². The highest BCUT2D eigenvalue weighted by Gasteiger charge is 2.14. The summed E-state index contributed by atoms with van der Waals surface area (Å²) in [5.41, 5.74) is 1.29. The third kappa shape index (κ3) is 2.29. The Morgan fingerprint density at radius 2 is 2.50 bits per heavy atom. The van der Waals surface area contributed by atoms with Gasteiger partial charge in [0.05, 0.1) is 5.69 Å². The van der Waals surface area contributed by atoms with Gasteiger partial charge in [0.2, 0.25) is 0 Å². The molecule has 1 saturated heterocycles. The Bertz CT molecular complexity index is 250. The standard InChI is InChI=1S/C11H19N3/c1-14(11-3-6-13-9-11)7-4-10-2-5-12-8-10/h3,6,9-10,12-13H,2,4-5,7-8H2,1H3. The van der Waals surface area contributed by atoms with Crippen molar-refractivity contribution in [3.63, 3.8) is 0 Å². The fourth-order valence-corrected chi connectivity index (χ4v) is 2.02. The molecule has 14 heavy (non-hydrogen) atoms. The van der Waals surface area contributed by atoms with Gasteiger partial charge in [-0.15, -0.1) is 0 Å². The van der Waals surface area contributed by atoms with Gasteiger partial charge >= 0.3 is 0 Å². The third-order valence-corrected chi connectivity index (χ3v) is 3.06. The summed E-state index contributed by atoms with van der Waals surface area (Å²) in [5.74, 6) is 0.886. The summed E-state index contributed by atoms with van der Waals surface area (Å²) in [5, 5.41) is 3.41. The van der Waals surface area contributed by atoms with Crippen molar-refractivity contribution < 1.29 is 0 Å². The number of aromatic amines is 1. The molecule has 2 rings (SSSR count). The molecule has 3 heteroatoms. The van der Waals surface area contributed by atoms with E-state index in [0.717, 1.165) is 12.5 Å². The molecule has 2 heterocycles. The van der Waals surface area contributed by atoms with Crippen molar-refractivity contribution in [2.75, 3.05) is 31.6 Å². The average Bonchev–Trinajstić information content (AvgIpc) is 2.87. The number of anilines is 1. The van der Waals surface area contributed by atoms with Crippen LogP contribution >= 0.6 is 0 Å². The van der Waals surface area contributed by atoms with Gasteiger partial charge in [0.15, 0.2) is 0 Å². The molecule has 1 aliphatic heterocycles. The zero-order valence-electron chi connectivity index (χ0n) is 8.79. The number of H-pyrrole nitrogens is 1. The number of hydrogen-bond donors (Lipinski definition) is 2. The molecule has 1 atom stereocenters. The van der Waals surface area contributed by atoms with Gasteiger partial charge < -0.3 is 15.2 Å². The summed E-state index contributed by atoms with van der Waals surface area (Å²) >= 11 is 0. The van der Waals surface area contributed by atoms with E-state index in [1.807, 2.05) is 12.4 Å². The molecule has 1 aromatic rings. The topological polar surface area (TPSA) is 31.1 Å². The first-order chi connectivity index (χ1) is 6.86. The van der Waals surface area contributed by atoms with Crippen LogP contribution in [0, 0.1) is 5.92 Å². The molecule has 1 fully saturated rings. The summed E-state index contributed by atoms with van der Waals surface area (Å²) in [6.45, 7) is 3.57. The van der Waals surface area contributed by atoms with Crippen molar-refractivity contribution in [1.29, 1.82) is 0 Å². The summed E-state index contributed by atoms with van der Waals surface area (Å²) in [4.78, 5) is 5.40. The molecule has 1 aromatic heterocycles. The van der Waals surface area contributed by atoms with E-state index in [0.29, 0.717) is 0 Å². The second kappa shape index (κ2) is 4.51. The van der Waals surface area contributed by atoms with Crippen molar-refractivity contribution >= 4 is 5.69 Å².